The minimum atomic E-state index is -0.781. The molecule has 0 amide bonds. The van der Waals surface area contributed by atoms with Crippen molar-refractivity contribution < 1.29 is 14.6 Å². The van der Waals surface area contributed by atoms with Gasteiger partial charge in [0.15, 0.2) is 0 Å². The molecule has 28 heavy (non-hydrogen) atoms. The third-order valence-electron chi connectivity index (χ3n) is 5.60. The summed E-state index contributed by atoms with van der Waals surface area (Å²) in [5, 5.41) is 10.4. The molecule has 1 saturated carbocycles. The molecule has 2 aromatic heterocycles. The van der Waals surface area contributed by atoms with Gasteiger partial charge in [-0.2, -0.15) is 0 Å². The highest BCUT2D eigenvalue weighted by Crippen LogP contribution is 2.34. The fourth-order valence-corrected chi connectivity index (χ4v) is 3.92. The van der Waals surface area contributed by atoms with Crippen molar-refractivity contribution in [1.29, 1.82) is 0 Å². The third kappa shape index (κ3) is 3.75. The van der Waals surface area contributed by atoms with Crippen molar-refractivity contribution in [2.45, 2.75) is 45.1 Å². The summed E-state index contributed by atoms with van der Waals surface area (Å²) >= 11 is 0. The SMILES string of the molecule is CC(Cc1ccc(OC2CCCC2)c(-c2ccc3ccn(C)c3n2)c1)C(=O)O. The summed E-state index contributed by atoms with van der Waals surface area (Å²) in [5.74, 6) is -0.381. The maximum absolute atomic E-state index is 11.3. The van der Waals surface area contributed by atoms with Gasteiger partial charge in [0.05, 0.1) is 17.7 Å². The lowest BCUT2D eigenvalue weighted by atomic mass is 9.98. The minimum absolute atomic E-state index is 0.251. The molecule has 0 bridgehead atoms. The van der Waals surface area contributed by atoms with Gasteiger partial charge in [0.2, 0.25) is 0 Å². The van der Waals surface area contributed by atoms with Crippen LogP contribution in [0.3, 0.4) is 0 Å². The molecular weight excluding hydrogens is 352 g/mol. The molecule has 1 atom stereocenters. The van der Waals surface area contributed by atoms with Crippen molar-refractivity contribution >= 4 is 17.0 Å². The van der Waals surface area contributed by atoms with Crippen LogP contribution in [0, 0.1) is 5.92 Å². The van der Waals surface area contributed by atoms with Crippen LogP contribution >= 0.6 is 0 Å². The molecule has 0 saturated heterocycles. The number of fused-ring (bicyclic) bond motifs is 1. The van der Waals surface area contributed by atoms with Crippen LogP contribution in [-0.4, -0.2) is 26.7 Å². The quantitative estimate of drug-likeness (QED) is 0.667. The smallest absolute Gasteiger partial charge is 0.306 e. The zero-order valence-electron chi connectivity index (χ0n) is 16.4. The number of nitrogens with zero attached hydrogens (tertiary/aromatic N) is 2. The van der Waals surface area contributed by atoms with Gasteiger partial charge < -0.3 is 14.4 Å². The average molecular weight is 378 g/mol. The fraction of sp³-hybridized carbons (Fsp3) is 0.391. The summed E-state index contributed by atoms with van der Waals surface area (Å²) in [6.07, 6.45) is 7.33. The van der Waals surface area contributed by atoms with Crippen molar-refractivity contribution in [3.63, 3.8) is 0 Å². The van der Waals surface area contributed by atoms with E-state index in [4.69, 9.17) is 9.72 Å². The molecule has 0 aliphatic heterocycles. The van der Waals surface area contributed by atoms with Gasteiger partial charge in [0.1, 0.15) is 11.4 Å². The fourth-order valence-electron chi connectivity index (χ4n) is 3.92. The van der Waals surface area contributed by atoms with Crippen molar-refractivity contribution in [2.24, 2.45) is 13.0 Å². The molecule has 3 aromatic rings. The Morgan fingerprint density at radius 1 is 1.25 bits per heavy atom. The van der Waals surface area contributed by atoms with E-state index in [9.17, 15) is 9.90 Å². The monoisotopic (exact) mass is 378 g/mol. The molecule has 5 heteroatoms. The van der Waals surface area contributed by atoms with Crippen LogP contribution in [0.15, 0.2) is 42.6 Å². The number of aliphatic carboxylic acids is 1. The number of carboxylic acid groups (broad SMARTS) is 1. The highest BCUT2D eigenvalue weighted by molar-refractivity contribution is 5.81. The molecule has 2 heterocycles. The highest BCUT2D eigenvalue weighted by atomic mass is 16.5. The van der Waals surface area contributed by atoms with E-state index in [0.29, 0.717) is 6.42 Å². The lowest BCUT2D eigenvalue weighted by Crippen LogP contribution is -2.13. The number of carbonyl (C=O) groups is 1. The normalized spacial score (nSPS) is 15.8. The second kappa shape index (κ2) is 7.66. The Balaban J connectivity index is 1.75. The van der Waals surface area contributed by atoms with Crippen LogP contribution in [0.5, 0.6) is 5.75 Å². The molecule has 1 aliphatic rings. The van der Waals surface area contributed by atoms with Gasteiger partial charge in [-0.15, -0.1) is 0 Å². The van der Waals surface area contributed by atoms with Gasteiger partial charge >= 0.3 is 5.97 Å². The second-order valence-corrected chi connectivity index (χ2v) is 7.83. The number of carboxylic acids is 1. The number of ether oxygens (including phenoxy) is 1. The zero-order valence-corrected chi connectivity index (χ0v) is 16.4. The van der Waals surface area contributed by atoms with E-state index < -0.39 is 11.9 Å². The number of hydrogen-bond acceptors (Lipinski definition) is 3. The van der Waals surface area contributed by atoms with Crippen molar-refractivity contribution in [3.05, 3.63) is 48.2 Å². The van der Waals surface area contributed by atoms with E-state index in [1.165, 1.54) is 12.8 Å². The number of aryl methyl sites for hydroxylation is 1. The van der Waals surface area contributed by atoms with Crippen molar-refractivity contribution in [1.82, 2.24) is 9.55 Å². The zero-order chi connectivity index (χ0) is 19.7. The van der Waals surface area contributed by atoms with Crippen LogP contribution in [0.4, 0.5) is 0 Å². The van der Waals surface area contributed by atoms with E-state index in [2.05, 4.69) is 6.07 Å². The Morgan fingerprint density at radius 3 is 2.79 bits per heavy atom. The second-order valence-electron chi connectivity index (χ2n) is 7.83. The van der Waals surface area contributed by atoms with Gasteiger partial charge in [0.25, 0.3) is 0 Å². The first-order valence-electron chi connectivity index (χ1n) is 9.96. The molecule has 0 radical (unpaired) electrons. The predicted octanol–water partition coefficient (Wildman–Crippen LogP) is 4.82. The first-order valence-corrected chi connectivity index (χ1v) is 9.96. The van der Waals surface area contributed by atoms with Gasteiger partial charge in [-0.05, 0) is 68.0 Å². The Morgan fingerprint density at radius 2 is 2.04 bits per heavy atom. The van der Waals surface area contributed by atoms with Crippen LogP contribution < -0.4 is 4.74 Å². The minimum Gasteiger partial charge on any atom is -0.490 e. The van der Waals surface area contributed by atoms with Gasteiger partial charge in [-0.1, -0.05) is 13.0 Å². The Hall–Kier alpha value is -2.82. The molecule has 1 aromatic carbocycles. The molecule has 1 unspecified atom stereocenters. The molecule has 1 aliphatic carbocycles. The van der Waals surface area contributed by atoms with Crippen molar-refractivity contribution in [2.75, 3.05) is 0 Å². The van der Waals surface area contributed by atoms with Gasteiger partial charge in [-0.25, -0.2) is 4.98 Å². The summed E-state index contributed by atoms with van der Waals surface area (Å²) in [6, 6.07) is 12.1. The summed E-state index contributed by atoms with van der Waals surface area (Å²) < 4.78 is 8.34. The standard InChI is InChI=1S/C23H26N2O3/c1-15(23(26)27)13-16-7-10-21(28-18-5-3-4-6-18)19(14-16)20-9-8-17-11-12-25(2)22(17)24-20/h7-12,14-15,18H,3-6,13H2,1-2H3,(H,26,27). The first-order chi connectivity index (χ1) is 13.5. The number of rotatable bonds is 6. The number of pyridine rings is 1. The Bertz CT molecular complexity index is 1000. The highest BCUT2D eigenvalue weighted by Gasteiger charge is 2.20. The van der Waals surface area contributed by atoms with Crippen LogP contribution in [0.1, 0.15) is 38.2 Å². The van der Waals surface area contributed by atoms with E-state index in [1.807, 2.05) is 48.1 Å². The van der Waals surface area contributed by atoms with E-state index in [1.54, 1.807) is 6.92 Å². The van der Waals surface area contributed by atoms with Crippen LogP contribution in [0.25, 0.3) is 22.3 Å². The Kier molecular flexibility index (Phi) is 5.07. The van der Waals surface area contributed by atoms with E-state index in [0.717, 1.165) is 46.4 Å². The first kappa shape index (κ1) is 18.5. The van der Waals surface area contributed by atoms with Crippen LogP contribution in [0.2, 0.25) is 0 Å². The predicted molar refractivity (Wildman–Crippen MR) is 110 cm³/mol. The van der Waals surface area contributed by atoms with Gasteiger partial charge in [-0.3, -0.25) is 4.79 Å². The number of aromatic nitrogens is 2. The van der Waals surface area contributed by atoms with E-state index in [-0.39, 0.29) is 6.10 Å². The Labute approximate surface area is 165 Å². The molecule has 4 rings (SSSR count). The lowest BCUT2D eigenvalue weighted by Gasteiger charge is -2.18. The lowest BCUT2D eigenvalue weighted by molar-refractivity contribution is -0.141. The number of hydrogen-bond donors (Lipinski definition) is 1. The maximum Gasteiger partial charge on any atom is 0.306 e. The molecule has 1 fully saturated rings. The molecule has 146 valence electrons. The topological polar surface area (TPSA) is 64.4 Å². The molecular formula is C23H26N2O3. The van der Waals surface area contributed by atoms with E-state index >= 15 is 0 Å². The molecule has 5 nitrogen and oxygen atoms in total. The largest absolute Gasteiger partial charge is 0.490 e. The summed E-state index contributed by atoms with van der Waals surface area (Å²) in [6.45, 7) is 1.74. The van der Waals surface area contributed by atoms with Crippen molar-refractivity contribution in [3.8, 4) is 17.0 Å². The number of benzene rings is 1. The van der Waals surface area contributed by atoms with Gasteiger partial charge in [0, 0.05) is 24.2 Å². The van der Waals surface area contributed by atoms with Crippen LogP contribution in [-0.2, 0) is 18.3 Å². The summed E-state index contributed by atoms with van der Waals surface area (Å²) in [4.78, 5) is 16.1. The molecule has 1 N–H and O–H groups in total. The molecule has 0 spiro atoms. The summed E-state index contributed by atoms with van der Waals surface area (Å²) in [5.41, 5.74) is 3.70. The maximum atomic E-state index is 11.3. The summed E-state index contributed by atoms with van der Waals surface area (Å²) in [7, 11) is 1.99. The average Bonchev–Trinajstić information content (AvgIpc) is 3.32. The third-order valence-corrected chi connectivity index (χ3v) is 5.60.